The SMILES string of the molecule is O=c1[nH]ncn1-c1ccc2nc(Nc3cccc(NC4CCC(O)CC4)n3)sc2c1. The van der Waals surface area contributed by atoms with Gasteiger partial charge in [-0.1, -0.05) is 17.4 Å². The van der Waals surface area contributed by atoms with E-state index in [0.717, 1.165) is 52.5 Å². The van der Waals surface area contributed by atoms with E-state index < -0.39 is 0 Å². The van der Waals surface area contributed by atoms with Crippen molar-refractivity contribution in [1.82, 2.24) is 24.7 Å². The molecule has 0 amide bonds. The van der Waals surface area contributed by atoms with Gasteiger partial charge in [-0.25, -0.2) is 24.4 Å². The molecule has 0 spiro atoms. The number of hydrogen-bond acceptors (Lipinski definition) is 8. The summed E-state index contributed by atoms with van der Waals surface area (Å²) in [6.07, 6.45) is 4.83. The molecule has 0 aliphatic heterocycles. The molecule has 3 heterocycles. The van der Waals surface area contributed by atoms with Crippen LogP contribution >= 0.6 is 11.3 Å². The number of benzene rings is 1. The summed E-state index contributed by atoms with van der Waals surface area (Å²) < 4.78 is 2.41. The van der Waals surface area contributed by atoms with Crippen LogP contribution in [-0.4, -0.2) is 42.0 Å². The van der Waals surface area contributed by atoms with Crippen molar-refractivity contribution in [2.45, 2.75) is 37.8 Å². The smallest absolute Gasteiger partial charge is 0.347 e. The molecule has 0 radical (unpaired) electrons. The Morgan fingerprint density at radius 2 is 1.93 bits per heavy atom. The first-order chi connectivity index (χ1) is 14.6. The van der Waals surface area contributed by atoms with Crippen LogP contribution in [0.4, 0.5) is 16.8 Å². The highest BCUT2D eigenvalue weighted by Gasteiger charge is 2.19. The minimum atomic E-state index is -0.279. The number of aromatic nitrogens is 5. The van der Waals surface area contributed by atoms with Crippen LogP contribution in [-0.2, 0) is 0 Å². The van der Waals surface area contributed by atoms with E-state index in [-0.39, 0.29) is 11.8 Å². The van der Waals surface area contributed by atoms with Crippen molar-refractivity contribution >= 4 is 38.3 Å². The van der Waals surface area contributed by atoms with Crippen molar-refractivity contribution in [2.75, 3.05) is 10.6 Å². The number of nitrogens with one attached hydrogen (secondary N) is 3. The second-order valence-electron chi connectivity index (χ2n) is 7.39. The van der Waals surface area contributed by atoms with Gasteiger partial charge in [-0.3, -0.25) is 0 Å². The molecule has 5 rings (SSSR count). The lowest BCUT2D eigenvalue weighted by atomic mass is 9.93. The Balaban J connectivity index is 1.33. The van der Waals surface area contributed by atoms with Gasteiger partial charge in [0.2, 0.25) is 0 Å². The Morgan fingerprint density at radius 3 is 2.73 bits per heavy atom. The maximum atomic E-state index is 11.8. The lowest BCUT2D eigenvalue weighted by molar-refractivity contribution is 0.126. The van der Waals surface area contributed by atoms with Crippen LogP contribution in [0.3, 0.4) is 0 Å². The molecular formula is C20H21N7O2S. The predicted octanol–water partition coefficient (Wildman–Crippen LogP) is 3.02. The summed E-state index contributed by atoms with van der Waals surface area (Å²) in [7, 11) is 0. The number of anilines is 3. The third-order valence-corrected chi connectivity index (χ3v) is 6.17. The molecule has 1 aromatic carbocycles. The van der Waals surface area contributed by atoms with E-state index in [1.165, 1.54) is 22.2 Å². The Kier molecular flexibility index (Phi) is 4.93. The normalized spacial score (nSPS) is 19.1. The highest BCUT2D eigenvalue weighted by molar-refractivity contribution is 7.22. The summed E-state index contributed by atoms with van der Waals surface area (Å²) in [5.41, 5.74) is 1.30. The molecule has 0 bridgehead atoms. The quantitative estimate of drug-likeness (QED) is 0.389. The number of hydrogen-bond donors (Lipinski definition) is 4. The summed E-state index contributed by atoms with van der Waals surface area (Å²) in [5.74, 6) is 1.52. The van der Waals surface area contributed by atoms with Gasteiger partial charge >= 0.3 is 5.69 Å². The Bertz CT molecular complexity index is 1220. The standard InChI is InChI=1S/C20H21N7O2S/c28-14-7-4-12(5-8-14)22-17-2-1-3-18(24-17)25-19-23-15-9-6-13(10-16(15)30-19)27-11-21-26-20(27)29/h1-3,6,9-12,14,28H,4-5,7-8H2,(H,26,29)(H2,22,23,24,25). The highest BCUT2D eigenvalue weighted by atomic mass is 32.1. The van der Waals surface area contributed by atoms with Gasteiger partial charge in [0.15, 0.2) is 5.13 Å². The van der Waals surface area contributed by atoms with Crippen molar-refractivity contribution in [2.24, 2.45) is 0 Å². The third kappa shape index (κ3) is 3.91. The van der Waals surface area contributed by atoms with Crippen LogP contribution in [0.1, 0.15) is 25.7 Å². The molecule has 1 saturated carbocycles. The van der Waals surface area contributed by atoms with E-state index in [0.29, 0.717) is 11.9 Å². The summed E-state index contributed by atoms with van der Waals surface area (Å²) >= 11 is 1.49. The van der Waals surface area contributed by atoms with Crippen LogP contribution in [0.15, 0.2) is 47.5 Å². The first-order valence-corrected chi connectivity index (χ1v) is 10.7. The zero-order valence-corrected chi connectivity index (χ0v) is 16.9. The van der Waals surface area contributed by atoms with Crippen molar-refractivity contribution in [3.8, 4) is 5.69 Å². The maximum Gasteiger partial charge on any atom is 0.347 e. The molecule has 9 nitrogen and oxygen atoms in total. The molecule has 0 saturated heterocycles. The van der Waals surface area contributed by atoms with E-state index in [1.807, 2.05) is 36.4 Å². The molecule has 4 N–H and O–H groups in total. The van der Waals surface area contributed by atoms with E-state index in [9.17, 15) is 9.90 Å². The maximum absolute atomic E-state index is 11.8. The number of nitrogens with zero attached hydrogens (tertiary/aromatic N) is 4. The number of aliphatic hydroxyl groups excluding tert-OH is 1. The van der Waals surface area contributed by atoms with Gasteiger partial charge in [0, 0.05) is 6.04 Å². The van der Waals surface area contributed by atoms with Gasteiger partial charge in [-0.2, -0.15) is 5.10 Å². The van der Waals surface area contributed by atoms with Crippen molar-refractivity contribution < 1.29 is 5.11 Å². The van der Waals surface area contributed by atoms with Gasteiger partial charge < -0.3 is 15.7 Å². The molecule has 1 aliphatic rings. The topological polar surface area (TPSA) is 121 Å². The first kappa shape index (κ1) is 18.8. The molecule has 10 heteroatoms. The fraction of sp³-hybridized carbons (Fsp3) is 0.300. The Labute approximate surface area is 175 Å². The summed E-state index contributed by atoms with van der Waals surface area (Å²) in [6, 6.07) is 11.8. The van der Waals surface area contributed by atoms with Crippen molar-refractivity contribution in [1.29, 1.82) is 0 Å². The lowest BCUT2D eigenvalue weighted by Gasteiger charge is -2.26. The average Bonchev–Trinajstić information content (AvgIpc) is 3.34. The van der Waals surface area contributed by atoms with Crippen LogP contribution in [0, 0.1) is 0 Å². The molecule has 1 fully saturated rings. The number of fused-ring (bicyclic) bond motifs is 1. The van der Waals surface area contributed by atoms with Gasteiger partial charge in [0.1, 0.15) is 18.0 Å². The van der Waals surface area contributed by atoms with Crippen LogP contribution < -0.4 is 16.3 Å². The summed E-state index contributed by atoms with van der Waals surface area (Å²) in [5, 5.41) is 23.3. The second-order valence-corrected chi connectivity index (χ2v) is 8.42. The number of pyridine rings is 1. The van der Waals surface area contributed by atoms with E-state index in [4.69, 9.17) is 0 Å². The van der Waals surface area contributed by atoms with Crippen molar-refractivity contribution in [3.05, 3.63) is 53.2 Å². The average molecular weight is 424 g/mol. The molecular weight excluding hydrogens is 402 g/mol. The number of rotatable bonds is 5. The minimum absolute atomic E-state index is 0.171. The monoisotopic (exact) mass is 423 g/mol. The van der Waals surface area contributed by atoms with Crippen molar-refractivity contribution in [3.63, 3.8) is 0 Å². The van der Waals surface area contributed by atoms with Gasteiger partial charge in [-0.15, -0.1) is 0 Å². The molecule has 1 aliphatic carbocycles. The fourth-order valence-electron chi connectivity index (χ4n) is 3.67. The molecule has 154 valence electrons. The predicted molar refractivity (Wildman–Crippen MR) is 117 cm³/mol. The van der Waals surface area contributed by atoms with E-state index >= 15 is 0 Å². The first-order valence-electron chi connectivity index (χ1n) is 9.86. The zero-order valence-electron chi connectivity index (χ0n) is 16.1. The number of thiazole rings is 1. The van der Waals surface area contributed by atoms with E-state index in [2.05, 4.69) is 30.8 Å². The van der Waals surface area contributed by atoms with E-state index in [1.54, 1.807) is 0 Å². The zero-order chi connectivity index (χ0) is 20.5. The van der Waals surface area contributed by atoms with Crippen LogP contribution in [0.2, 0.25) is 0 Å². The third-order valence-electron chi connectivity index (χ3n) is 5.24. The van der Waals surface area contributed by atoms with Gasteiger partial charge in [0.05, 0.1) is 22.0 Å². The number of aliphatic hydroxyl groups is 1. The molecule has 0 unspecified atom stereocenters. The summed E-state index contributed by atoms with van der Waals surface area (Å²) in [4.78, 5) is 21.0. The Morgan fingerprint density at radius 1 is 1.10 bits per heavy atom. The van der Waals surface area contributed by atoms with Crippen LogP contribution in [0.25, 0.3) is 15.9 Å². The summed E-state index contributed by atoms with van der Waals surface area (Å²) in [6.45, 7) is 0. The Hall–Kier alpha value is -3.24. The lowest BCUT2D eigenvalue weighted by Crippen LogP contribution is -2.28. The molecule has 3 aromatic heterocycles. The minimum Gasteiger partial charge on any atom is -0.393 e. The van der Waals surface area contributed by atoms with Gasteiger partial charge in [0.25, 0.3) is 0 Å². The molecule has 0 atom stereocenters. The second kappa shape index (κ2) is 7.88. The number of aromatic amines is 1. The molecule has 4 aromatic rings. The number of H-pyrrole nitrogens is 1. The largest absolute Gasteiger partial charge is 0.393 e. The molecule has 30 heavy (non-hydrogen) atoms. The van der Waals surface area contributed by atoms with Crippen LogP contribution in [0.5, 0.6) is 0 Å². The van der Waals surface area contributed by atoms with Gasteiger partial charge in [-0.05, 0) is 56.0 Å². The fourth-order valence-corrected chi connectivity index (χ4v) is 4.58. The highest BCUT2D eigenvalue weighted by Crippen LogP contribution is 2.30.